The molecule has 0 aliphatic heterocycles. The maximum atomic E-state index is 14.0. The molecule has 6 heteroatoms. The first-order valence-corrected chi connectivity index (χ1v) is 8.03. The summed E-state index contributed by atoms with van der Waals surface area (Å²) in [5.41, 5.74) is 0.650. The number of hydrogen-bond donors (Lipinski definition) is 2. The molecule has 4 nitrogen and oxygen atoms in total. The molecular formula is C19H17F2NO3. The molecule has 0 spiro atoms. The Labute approximate surface area is 143 Å². The SMILES string of the molecule is O=C(O)c1ccc(C(=O)NC2CCC(c3ccc(F)cc3)C2)c(F)c1. The monoisotopic (exact) mass is 345 g/mol. The predicted octanol–water partition coefficient (Wildman–Crippen LogP) is 3.73. The first kappa shape index (κ1) is 17.1. The summed E-state index contributed by atoms with van der Waals surface area (Å²) in [5, 5.41) is 11.6. The second kappa shape index (κ2) is 7.01. The van der Waals surface area contributed by atoms with Gasteiger partial charge in [-0.05, 0) is 61.1 Å². The van der Waals surface area contributed by atoms with Crippen LogP contribution in [0.4, 0.5) is 8.78 Å². The van der Waals surface area contributed by atoms with E-state index in [4.69, 9.17) is 5.11 Å². The molecule has 2 aromatic rings. The third-order valence-electron chi connectivity index (χ3n) is 4.57. The van der Waals surface area contributed by atoms with E-state index in [0.717, 1.165) is 24.5 Å². The van der Waals surface area contributed by atoms with Crippen molar-refractivity contribution in [1.82, 2.24) is 5.32 Å². The van der Waals surface area contributed by atoms with Crippen molar-refractivity contribution in [3.8, 4) is 0 Å². The molecule has 25 heavy (non-hydrogen) atoms. The molecule has 1 fully saturated rings. The third kappa shape index (κ3) is 3.84. The predicted molar refractivity (Wildman–Crippen MR) is 87.6 cm³/mol. The second-order valence-electron chi connectivity index (χ2n) is 6.23. The van der Waals surface area contributed by atoms with Crippen LogP contribution in [-0.2, 0) is 0 Å². The van der Waals surface area contributed by atoms with E-state index in [-0.39, 0.29) is 28.9 Å². The summed E-state index contributed by atoms with van der Waals surface area (Å²) in [6.07, 6.45) is 2.31. The van der Waals surface area contributed by atoms with Gasteiger partial charge in [0.15, 0.2) is 0 Å². The van der Waals surface area contributed by atoms with Gasteiger partial charge in [-0.1, -0.05) is 12.1 Å². The molecule has 130 valence electrons. The highest BCUT2D eigenvalue weighted by atomic mass is 19.1. The van der Waals surface area contributed by atoms with Crippen LogP contribution in [0.15, 0.2) is 42.5 Å². The Hall–Kier alpha value is -2.76. The van der Waals surface area contributed by atoms with Crippen LogP contribution in [0.3, 0.4) is 0 Å². The Morgan fingerprint density at radius 1 is 1.04 bits per heavy atom. The van der Waals surface area contributed by atoms with Crippen LogP contribution in [0.2, 0.25) is 0 Å². The van der Waals surface area contributed by atoms with Gasteiger partial charge in [-0.25, -0.2) is 13.6 Å². The lowest BCUT2D eigenvalue weighted by molar-refractivity contribution is 0.0695. The minimum absolute atomic E-state index is 0.0962. The molecule has 1 aliphatic rings. The fourth-order valence-electron chi connectivity index (χ4n) is 3.25. The Bertz CT molecular complexity index is 805. The topological polar surface area (TPSA) is 66.4 Å². The number of nitrogens with one attached hydrogen (secondary N) is 1. The van der Waals surface area contributed by atoms with Gasteiger partial charge in [0.2, 0.25) is 0 Å². The number of halogens is 2. The number of carbonyl (C=O) groups is 2. The molecular weight excluding hydrogens is 328 g/mol. The van der Waals surface area contributed by atoms with Crippen LogP contribution < -0.4 is 5.32 Å². The second-order valence-corrected chi connectivity index (χ2v) is 6.23. The van der Waals surface area contributed by atoms with Crippen LogP contribution in [-0.4, -0.2) is 23.0 Å². The Morgan fingerprint density at radius 2 is 1.76 bits per heavy atom. The minimum Gasteiger partial charge on any atom is -0.478 e. The number of hydrogen-bond acceptors (Lipinski definition) is 2. The van der Waals surface area contributed by atoms with Gasteiger partial charge in [-0.15, -0.1) is 0 Å². The number of carboxylic acids is 1. The van der Waals surface area contributed by atoms with E-state index in [1.54, 1.807) is 12.1 Å². The van der Waals surface area contributed by atoms with Crippen molar-refractivity contribution in [1.29, 1.82) is 0 Å². The molecule has 0 heterocycles. The van der Waals surface area contributed by atoms with Crippen molar-refractivity contribution >= 4 is 11.9 Å². The summed E-state index contributed by atoms with van der Waals surface area (Å²) in [5.74, 6) is -2.72. The van der Waals surface area contributed by atoms with E-state index in [1.165, 1.54) is 24.3 Å². The number of rotatable bonds is 4. The first-order valence-electron chi connectivity index (χ1n) is 8.03. The maximum absolute atomic E-state index is 14.0. The molecule has 0 saturated heterocycles. The van der Waals surface area contributed by atoms with E-state index in [0.29, 0.717) is 6.42 Å². The zero-order valence-corrected chi connectivity index (χ0v) is 13.3. The van der Waals surface area contributed by atoms with Gasteiger partial charge >= 0.3 is 5.97 Å². The highest BCUT2D eigenvalue weighted by Crippen LogP contribution is 2.34. The smallest absolute Gasteiger partial charge is 0.335 e. The molecule has 2 aromatic carbocycles. The molecule has 1 aliphatic carbocycles. The van der Waals surface area contributed by atoms with E-state index in [1.807, 2.05) is 0 Å². The summed E-state index contributed by atoms with van der Waals surface area (Å²) in [6.45, 7) is 0. The van der Waals surface area contributed by atoms with Gasteiger partial charge in [0.05, 0.1) is 11.1 Å². The molecule has 1 saturated carbocycles. The van der Waals surface area contributed by atoms with Crippen LogP contribution >= 0.6 is 0 Å². The molecule has 0 radical (unpaired) electrons. The molecule has 2 atom stereocenters. The quantitative estimate of drug-likeness (QED) is 0.887. The van der Waals surface area contributed by atoms with Crippen molar-refractivity contribution in [2.75, 3.05) is 0 Å². The summed E-state index contributed by atoms with van der Waals surface area (Å²) < 4.78 is 27.0. The van der Waals surface area contributed by atoms with E-state index < -0.39 is 17.7 Å². The van der Waals surface area contributed by atoms with E-state index in [2.05, 4.69) is 5.32 Å². The zero-order chi connectivity index (χ0) is 18.0. The Kier molecular flexibility index (Phi) is 4.79. The normalized spacial score (nSPS) is 19.6. The zero-order valence-electron chi connectivity index (χ0n) is 13.3. The largest absolute Gasteiger partial charge is 0.478 e. The summed E-state index contributed by atoms with van der Waals surface area (Å²) in [4.78, 5) is 23.1. The number of carboxylic acid groups (broad SMARTS) is 1. The summed E-state index contributed by atoms with van der Waals surface area (Å²) in [6, 6.07) is 9.45. The molecule has 0 aromatic heterocycles. The van der Waals surface area contributed by atoms with Crippen LogP contribution in [0, 0.1) is 11.6 Å². The van der Waals surface area contributed by atoms with Gasteiger partial charge in [0.1, 0.15) is 11.6 Å². The Morgan fingerprint density at radius 3 is 2.40 bits per heavy atom. The lowest BCUT2D eigenvalue weighted by atomic mass is 9.97. The van der Waals surface area contributed by atoms with Crippen LogP contribution in [0.1, 0.15) is 51.5 Å². The average molecular weight is 345 g/mol. The van der Waals surface area contributed by atoms with Gasteiger partial charge in [0, 0.05) is 6.04 Å². The van der Waals surface area contributed by atoms with Crippen molar-refractivity contribution in [3.63, 3.8) is 0 Å². The number of carbonyl (C=O) groups excluding carboxylic acids is 1. The van der Waals surface area contributed by atoms with Gasteiger partial charge in [-0.3, -0.25) is 4.79 Å². The molecule has 1 amide bonds. The summed E-state index contributed by atoms with van der Waals surface area (Å²) in [7, 11) is 0. The number of benzene rings is 2. The standard InChI is InChI=1S/C19H17F2NO3/c20-14-5-1-11(2-6-14)12-3-7-15(9-12)22-18(23)16-8-4-13(19(24)25)10-17(16)21/h1-2,4-6,8,10,12,15H,3,7,9H2,(H,22,23)(H,24,25). The molecule has 2 unspecified atom stereocenters. The van der Waals surface area contributed by atoms with E-state index in [9.17, 15) is 18.4 Å². The van der Waals surface area contributed by atoms with Gasteiger partial charge in [0.25, 0.3) is 5.91 Å². The van der Waals surface area contributed by atoms with Gasteiger partial charge in [-0.2, -0.15) is 0 Å². The van der Waals surface area contributed by atoms with Crippen molar-refractivity contribution in [2.24, 2.45) is 0 Å². The minimum atomic E-state index is -1.25. The molecule has 3 rings (SSSR count). The number of aromatic carboxylic acids is 1. The maximum Gasteiger partial charge on any atom is 0.335 e. The first-order chi connectivity index (χ1) is 11.9. The third-order valence-corrected chi connectivity index (χ3v) is 4.57. The van der Waals surface area contributed by atoms with Crippen LogP contribution in [0.5, 0.6) is 0 Å². The van der Waals surface area contributed by atoms with Crippen LogP contribution in [0.25, 0.3) is 0 Å². The average Bonchev–Trinajstić information content (AvgIpc) is 3.03. The van der Waals surface area contributed by atoms with Crippen molar-refractivity contribution in [3.05, 3.63) is 70.8 Å². The highest BCUT2D eigenvalue weighted by Gasteiger charge is 2.28. The van der Waals surface area contributed by atoms with Crippen molar-refractivity contribution < 1.29 is 23.5 Å². The Balaban J connectivity index is 1.64. The van der Waals surface area contributed by atoms with E-state index >= 15 is 0 Å². The fourth-order valence-corrected chi connectivity index (χ4v) is 3.25. The molecule has 0 bridgehead atoms. The lowest BCUT2D eigenvalue weighted by Crippen LogP contribution is -2.33. The number of amides is 1. The van der Waals surface area contributed by atoms with Crippen molar-refractivity contribution in [2.45, 2.75) is 31.2 Å². The highest BCUT2D eigenvalue weighted by molar-refractivity contribution is 5.96. The van der Waals surface area contributed by atoms with Gasteiger partial charge < -0.3 is 10.4 Å². The fraction of sp³-hybridized carbons (Fsp3) is 0.263. The lowest BCUT2D eigenvalue weighted by Gasteiger charge is -2.14. The summed E-state index contributed by atoms with van der Waals surface area (Å²) >= 11 is 0. The molecule has 2 N–H and O–H groups in total.